The maximum atomic E-state index is 9.41. The number of nitrogens with zero attached hydrogens (tertiary/aromatic N) is 4. The van der Waals surface area contributed by atoms with Crippen molar-refractivity contribution in [2.24, 2.45) is 0 Å². The molecule has 0 spiro atoms. The Labute approximate surface area is 357 Å². The molecule has 0 saturated carbocycles. The zero-order valence-corrected chi connectivity index (χ0v) is 33.3. The predicted octanol–water partition coefficient (Wildman–Crippen LogP) is 13.2. The van der Waals surface area contributed by atoms with Gasteiger partial charge in [0.05, 0.1) is 54.1 Å². The van der Waals surface area contributed by atoms with Crippen LogP contribution in [0.5, 0.6) is 0 Å². The average Bonchev–Trinajstić information content (AvgIpc) is 4.06. The highest BCUT2D eigenvalue weighted by Gasteiger charge is 2.24. The van der Waals surface area contributed by atoms with Crippen LogP contribution in [0.3, 0.4) is 0 Å². The number of pyridine rings is 1. The highest BCUT2D eigenvalue weighted by Crippen LogP contribution is 2.39. The van der Waals surface area contributed by atoms with Crippen molar-refractivity contribution >= 4 is 43.8 Å². The quantitative estimate of drug-likeness (QED) is 0.119. The minimum Gasteiger partial charge on any atom is -0.463 e. The SMILES string of the molecule is [2H]c1c(Cc2cccc(-n3[c-][n+](-c4c(-c5ccccc5)cccc4-c4ccccc4C(C)(C)C)c4ccccc43)c2)cc2c(c1[2H])c1c([2H])c([2H])c([2H])c([2H])c1n2-c1cc2ccoc2cn1. The van der Waals surface area contributed by atoms with Crippen LogP contribution in [0.25, 0.3) is 83.3 Å². The molecule has 0 atom stereocenters. The molecule has 0 fully saturated rings. The van der Waals surface area contributed by atoms with E-state index in [-0.39, 0.29) is 51.9 Å². The number of imidazole rings is 1. The van der Waals surface area contributed by atoms with Crippen LogP contribution in [0.15, 0.2) is 193 Å². The summed E-state index contributed by atoms with van der Waals surface area (Å²) in [4.78, 5) is 4.66. The molecule has 0 aliphatic rings. The molecule has 0 aliphatic heterocycles. The number of hydrogen-bond acceptors (Lipinski definition) is 2. The lowest BCUT2D eigenvalue weighted by atomic mass is 9.81. The van der Waals surface area contributed by atoms with Gasteiger partial charge < -0.3 is 4.42 Å². The summed E-state index contributed by atoms with van der Waals surface area (Å²) in [5.74, 6) is 0.404. The molecule has 11 aromatic rings. The van der Waals surface area contributed by atoms with Crippen molar-refractivity contribution in [1.82, 2.24) is 14.1 Å². The molecular formula is C55H42N4O. The molecule has 0 saturated heterocycles. The van der Waals surface area contributed by atoms with Crippen molar-refractivity contribution in [1.29, 1.82) is 0 Å². The Kier molecular flexibility index (Phi) is 6.98. The van der Waals surface area contributed by atoms with Gasteiger partial charge in [-0.2, -0.15) is 0 Å². The molecule has 0 unspecified atom stereocenters. The normalized spacial score (nSPS) is 13.4. The minimum absolute atomic E-state index is 0.0194. The largest absolute Gasteiger partial charge is 0.463 e. The van der Waals surface area contributed by atoms with Crippen LogP contribution in [0.1, 0.15) is 45.7 Å². The van der Waals surface area contributed by atoms with Crippen molar-refractivity contribution in [2.45, 2.75) is 32.6 Å². The van der Waals surface area contributed by atoms with Gasteiger partial charge in [-0.25, -0.2) is 4.98 Å². The Morgan fingerprint density at radius 3 is 2.33 bits per heavy atom. The van der Waals surface area contributed by atoms with Gasteiger partial charge in [0.25, 0.3) is 6.33 Å². The number of furan rings is 1. The fourth-order valence-corrected chi connectivity index (χ4v) is 8.60. The number of para-hydroxylation sites is 4. The van der Waals surface area contributed by atoms with Crippen LogP contribution in [0.2, 0.25) is 0 Å². The molecule has 4 aromatic heterocycles. The first-order chi connectivity index (χ1) is 31.9. The third kappa shape index (κ3) is 6.01. The summed E-state index contributed by atoms with van der Waals surface area (Å²) in [5, 5.41) is 1.22. The molecule has 7 aromatic carbocycles. The number of fused-ring (bicyclic) bond motifs is 5. The van der Waals surface area contributed by atoms with E-state index >= 15 is 0 Å². The topological polar surface area (TPSA) is 39.8 Å². The first-order valence-corrected chi connectivity index (χ1v) is 20.1. The van der Waals surface area contributed by atoms with Crippen molar-refractivity contribution in [3.8, 4) is 39.4 Å². The second-order valence-electron chi connectivity index (χ2n) is 16.2. The van der Waals surface area contributed by atoms with E-state index in [2.05, 4.69) is 138 Å². The van der Waals surface area contributed by atoms with Gasteiger partial charge >= 0.3 is 0 Å². The monoisotopic (exact) mass is 780 g/mol. The van der Waals surface area contributed by atoms with E-state index in [1.165, 1.54) is 5.56 Å². The number of hydrogen-bond donors (Lipinski definition) is 0. The lowest BCUT2D eigenvalue weighted by Crippen LogP contribution is -2.31. The first-order valence-electron chi connectivity index (χ1n) is 23.1. The summed E-state index contributed by atoms with van der Waals surface area (Å²) >= 11 is 0. The van der Waals surface area contributed by atoms with Gasteiger partial charge in [-0.05, 0) is 87.2 Å². The van der Waals surface area contributed by atoms with Crippen molar-refractivity contribution in [3.63, 3.8) is 0 Å². The fourth-order valence-electron chi connectivity index (χ4n) is 8.60. The van der Waals surface area contributed by atoms with Crippen molar-refractivity contribution in [3.05, 3.63) is 211 Å². The molecule has 60 heavy (non-hydrogen) atoms. The summed E-state index contributed by atoms with van der Waals surface area (Å²) in [5.41, 5.74) is 12.0. The lowest BCUT2D eigenvalue weighted by Gasteiger charge is -2.25. The average molecular weight is 781 g/mol. The van der Waals surface area contributed by atoms with E-state index in [9.17, 15) is 2.74 Å². The first kappa shape index (κ1) is 29.7. The molecule has 0 amide bonds. The van der Waals surface area contributed by atoms with Gasteiger partial charge in [0.2, 0.25) is 0 Å². The van der Waals surface area contributed by atoms with Crippen LogP contribution < -0.4 is 4.57 Å². The van der Waals surface area contributed by atoms with E-state index in [0.717, 1.165) is 55.6 Å². The second kappa shape index (κ2) is 14.1. The maximum Gasteiger partial charge on any atom is 0.269 e. The van der Waals surface area contributed by atoms with Gasteiger partial charge in [0.15, 0.2) is 5.58 Å². The lowest BCUT2D eigenvalue weighted by molar-refractivity contribution is -0.571. The van der Waals surface area contributed by atoms with Crippen LogP contribution in [-0.2, 0) is 11.8 Å². The third-order valence-electron chi connectivity index (χ3n) is 11.3. The standard InChI is InChI=1S/C55H42N4O/c1-55(2,3)47-23-9-7-19-43(47)46-22-14-21-42(39-16-5-4-6-17-39)54(46)58-36-57(49-25-11-12-26-50(49)58)41-18-13-15-37(32-41)31-38-27-28-45-44-20-8-10-24-48(44)59(51(45)33-38)53-34-40-29-30-60-52(40)35-56-53/h4-30,32-35H,31H2,1-3H3/i8D,10D,20D,24D,27D,28D. The number of rotatable bonds is 7. The molecular weight excluding hydrogens is 733 g/mol. The smallest absolute Gasteiger partial charge is 0.269 e. The Morgan fingerprint density at radius 1 is 0.667 bits per heavy atom. The summed E-state index contributed by atoms with van der Waals surface area (Å²) in [6.45, 7) is 6.75. The molecule has 5 heteroatoms. The van der Waals surface area contributed by atoms with Gasteiger partial charge in [0, 0.05) is 16.2 Å². The molecule has 0 bridgehead atoms. The number of benzene rings is 7. The zero-order chi connectivity index (χ0) is 45.6. The van der Waals surface area contributed by atoms with Crippen molar-refractivity contribution < 1.29 is 17.2 Å². The van der Waals surface area contributed by atoms with Gasteiger partial charge in [-0.3, -0.25) is 13.7 Å². The third-order valence-corrected chi connectivity index (χ3v) is 11.3. The summed E-state index contributed by atoms with van der Waals surface area (Å²) in [6.07, 6.45) is 7.23. The van der Waals surface area contributed by atoms with Crippen molar-refractivity contribution in [2.75, 3.05) is 0 Å². The summed E-state index contributed by atoms with van der Waals surface area (Å²) in [7, 11) is 0. The fraction of sp³-hybridized carbons (Fsp3) is 0.0909. The van der Waals surface area contributed by atoms with Crippen LogP contribution in [0, 0.1) is 6.33 Å². The Bertz CT molecular complexity index is 3750. The number of aromatic nitrogens is 4. The van der Waals surface area contributed by atoms with E-state index in [1.807, 2.05) is 30.3 Å². The highest BCUT2D eigenvalue weighted by molar-refractivity contribution is 6.09. The van der Waals surface area contributed by atoms with Crippen LogP contribution in [0.4, 0.5) is 0 Å². The molecule has 4 heterocycles. The highest BCUT2D eigenvalue weighted by atomic mass is 16.3. The van der Waals surface area contributed by atoms with Gasteiger partial charge in [0.1, 0.15) is 5.82 Å². The molecule has 5 nitrogen and oxygen atoms in total. The second-order valence-corrected chi connectivity index (χ2v) is 16.2. The minimum atomic E-state index is -0.401. The van der Waals surface area contributed by atoms with E-state index in [4.69, 9.17) is 9.90 Å². The molecule has 0 aliphatic carbocycles. The molecule has 288 valence electrons. The summed E-state index contributed by atoms with van der Waals surface area (Å²) in [6, 6.07) is 46.1. The van der Waals surface area contributed by atoms with Crippen LogP contribution in [-0.4, -0.2) is 14.1 Å². The summed E-state index contributed by atoms with van der Waals surface area (Å²) < 4.78 is 65.4. The van der Waals surface area contributed by atoms with E-state index < -0.39 is 6.04 Å². The van der Waals surface area contributed by atoms with E-state index in [0.29, 0.717) is 28.9 Å². The van der Waals surface area contributed by atoms with Crippen LogP contribution >= 0.6 is 0 Å². The van der Waals surface area contributed by atoms with Gasteiger partial charge in [-0.15, -0.1) is 0 Å². The molecule has 0 radical (unpaired) electrons. The zero-order valence-electron chi connectivity index (χ0n) is 39.3. The Hall–Kier alpha value is -7.50. The Morgan fingerprint density at radius 2 is 1.43 bits per heavy atom. The maximum absolute atomic E-state index is 9.41. The predicted molar refractivity (Wildman–Crippen MR) is 244 cm³/mol. The molecule has 0 N–H and O–H groups in total. The van der Waals surface area contributed by atoms with Gasteiger partial charge in [-0.1, -0.05) is 160 Å². The Balaban J connectivity index is 1.08. The van der Waals surface area contributed by atoms with E-state index in [1.54, 1.807) is 29.2 Å². The molecule has 11 rings (SSSR count).